The van der Waals surface area contributed by atoms with Crippen LogP contribution in [-0.4, -0.2) is 29.5 Å². The molecule has 1 saturated carbocycles. The van der Waals surface area contributed by atoms with Gasteiger partial charge in [-0.15, -0.1) is 0 Å². The molecule has 0 spiro atoms. The lowest BCUT2D eigenvalue weighted by Gasteiger charge is -2.15. The summed E-state index contributed by atoms with van der Waals surface area (Å²) in [6, 6.07) is 8.93. The molecule has 1 amide bonds. The highest BCUT2D eigenvalue weighted by Crippen LogP contribution is 2.30. The molecule has 0 unspecified atom stereocenters. The van der Waals surface area contributed by atoms with Gasteiger partial charge in [0.2, 0.25) is 10.0 Å². The fourth-order valence-electron chi connectivity index (χ4n) is 2.93. The Morgan fingerprint density at radius 1 is 1.24 bits per heavy atom. The number of rotatable bonds is 5. The topological polar surface area (TPSA) is 79.4 Å². The van der Waals surface area contributed by atoms with Crippen LogP contribution in [0.3, 0.4) is 0 Å². The van der Waals surface area contributed by atoms with E-state index in [2.05, 4.69) is 25.6 Å². The Bertz CT molecular complexity index is 957. The first-order valence-corrected chi connectivity index (χ1v) is 10.3. The number of sulfonamides is 1. The molecule has 0 radical (unpaired) electrons. The molecule has 1 N–H and O–H groups in total. The SMILES string of the molecule is O=C1c2ccc(Br)cc2CN1Cc1cc(NS(=O)(=O)C2CC2)ccn1. The number of benzene rings is 1. The summed E-state index contributed by atoms with van der Waals surface area (Å²) in [5.74, 6) is -0.0340. The lowest BCUT2D eigenvalue weighted by atomic mass is 10.1. The molecule has 0 bridgehead atoms. The van der Waals surface area contributed by atoms with Crippen LogP contribution < -0.4 is 4.72 Å². The van der Waals surface area contributed by atoms with Gasteiger partial charge in [-0.1, -0.05) is 15.9 Å². The van der Waals surface area contributed by atoms with Crippen molar-refractivity contribution in [1.82, 2.24) is 9.88 Å². The molecule has 1 aliphatic heterocycles. The van der Waals surface area contributed by atoms with Gasteiger partial charge in [-0.3, -0.25) is 14.5 Å². The molecule has 2 aromatic rings. The molecule has 1 aromatic heterocycles. The summed E-state index contributed by atoms with van der Waals surface area (Å²) in [4.78, 5) is 18.5. The van der Waals surface area contributed by atoms with Gasteiger partial charge in [0.15, 0.2) is 0 Å². The Morgan fingerprint density at radius 2 is 2.04 bits per heavy atom. The summed E-state index contributed by atoms with van der Waals surface area (Å²) in [6.07, 6.45) is 2.98. The number of fused-ring (bicyclic) bond motifs is 1. The number of hydrogen-bond donors (Lipinski definition) is 1. The van der Waals surface area contributed by atoms with Crippen LogP contribution in [0.4, 0.5) is 5.69 Å². The first kappa shape index (κ1) is 16.5. The van der Waals surface area contributed by atoms with Crippen LogP contribution in [0, 0.1) is 0 Å². The largest absolute Gasteiger partial charge is 0.328 e. The Kier molecular flexibility index (Phi) is 4.04. The first-order chi connectivity index (χ1) is 11.9. The lowest BCUT2D eigenvalue weighted by molar-refractivity contribution is 0.0764. The number of nitrogens with zero attached hydrogens (tertiary/aromatic N) is 2. The van der Waals surface area contributed by atoms with Gasteiger partial charge in [-0.25, -0.2) is 8.42 Å². The van der Waals surface area contributed by atoms with Gasteiger partial charge in [-0.2, -0.15) is 0 Å². The highest BCUT2D eigenvalue weighted by molar-refractivity contribution is 9.10. The summed E-state index contributed by atoms with van der Waals surface area (Å²) in [5, 5.41) is -0.280. The van der Waals surface area contributed by atoms with E-state index in [1.807, 2.05) is 18.2 Å². The van der Waals surface area contributed by atoms with Crippen molar-refractivity contribution in [3.05, 3.63) is 57.8 Å². The average molecular weight is 422 g/mol. The van der Waals surface area contributed by atoms with E-state index in [0.717, 1.165) is 10.0 Å². The summed E-state index contributed by atoms with van der Waals surface area (Å²) in [7, 11) is -3.31. The molecule has 4 rings (SSSR count). The Labute approximate surface area is 154 Å². The summed E-state index contributed by atoms with van der Waals surface area (Å²) < 4.78 is 27.6. The zero-order valence-electron chi connectivity index (χ0n) is 13.3. The zero-order chi connectivity index (χ0) is 17.6. The third-order valence-electron chi connectivity index (χ3n) is 4.34. The Morgan fingerprint density at radius 3 is 2.80 bits per heavy atom. The second-order valence-electron chi connectivity index (χ2n) is 6.34. The van der Waals surface area contributed by atoms with Gasteiger partial charge in [-0.05, 0) is 48.7 Å². The van der Waals surface area contributed by atoms with Crippen molar-refractivity contribution >= 4 is 37.5 Å². The van der Waals surface area contributed by atoms with E-state index < -0.39 is 10.0 Å². The number of carbonyl (C=O) groups is 1. The van der Waals surface area contributed by atoms with E-state index in [1.165, 1.54) is 0 Å². The molecule has 0 atom stereocenters. The van der Waals surface area contributed by atoms with Crippen LogP contribution in [-0.2, 0) is 23.1 Å². The molecule has 2 aliphatic rings. The Hall–Kier alpha value is -1.93. The highest BCUT2D eigenvalue weighted by Gasteiger charge is 2.35. The van der Waals surface area contributed by atoms with E-state index in [1.54, 1.807) is 23.2 Å². The Balaban J connectivity index is 1.50. The van der Waals surface area contributed by atoms with E-state index in [9.17, 15) is 13.2 Å². The minimum absolute atomic E-state index is 0.0340. The van der Waals surface area contributed by atoms with Crippen molar-refractivity contribution < 1.29 is 13.2 Å². The molecule has 6 nitrogen and oxygen atoms in total. The van der Waals surface area contributed by atoms with E-state index >= 15 is 0 Å². The van der Waals surface area contributed by atoms with Crippen LogP contribution >= 0.6 is 15.9 Å². The number of carbonyl (C=O) groups excluding carboxylic acids is 1. The molecule has 1 fully saturated rings. The molecule has 8 heteroatoms. The van der Waals surface area contributed by atoms with Gasteiger partial charge in [0.25, 0.3) is 5.91 Å². The van der Waals surface area contributed by atoms with Crippen molar-refractivity contribution in [3.8, 4) is 0 Å². The van der Waals surface area contributed by atoms with E-state index in [0.29, 0.717) is 42.9 Å². The third kappa shape index (κ3) is 3.41. The van der Waals surface area contributed by atoms with Crippen LogP contribution in [0.5, 0.6) is 0 Å². The molecule has 2 heterocycles. The molecule has 1 aromatic carbocycles. The van der Waals surface area contributed by atoms with Crippen LogP contribution in [0.15, 0.2) is 41.0 Å². The van der Waals surface area contributed by atoms with Crippen LogP contribution in [0.1, 0.15) is 34.5 Å². The fourth-order valence-corrected chi connectivity index (χ4v) is 4.71. The normalized spacial score (nSPS) is 16.8. The first-order valence-electron chi connectivity index (χ1n) is 7.97. The number of aromatic nitrogens is 1. The standard InChI is InChI=1S/C17H16BrN3O3S/c18-12-1-4-16-11(7-12)9-21(17(16)22)10-14-8-13(5-6-19-14)20-25(23,24)15-2-3-15/h1,4-8,15H,2-3,9-10H2,(H,19,20). The highest BCUT2D eigenvalue weighted by atomic mass is 79.9. The van der Waals surface area contributed by atoms with Crippen LogP contribution in [0.2, 0.25) is 0 Å². The predicted octanol–water partition coefficient (Wildman–Crippen LogP) is 2.90. The monoisotopic (exact) mass is 421 g/mol. The second-order valence-corrected chi connectivity index (χ2v) is 9.22. The number of nitrogens with one attached hydrogen (secondary N) is 1. The van der Waals surface area contributed by atoms with Crippen molar-refractivity contribution in [2.24, 2.45) is 0 Å². The quantitative estimate of drug-likeness (QED) is 0.804. The van der Waals surface area contributed by atoms with E-state index in [-0.39, 0.29) is 11.2 Å². The van der Waals surface area contributed by atoms with E-state index in [4.69, 9.17) is 0 Å². The molecule has 0 saturated heterocycles. The van der Waals surface area contributed by atoms with Crippen molar-refractivity contribution in [1.29, 1.82) is 0 Å². The minimum Gasteiger partial charge on any atom is -0.328 e. The molecular formula is C17H16BrN3O3S. The maximum atomic E-state index is 12.5. The van der Waals surface area contributed by atoms with Gasteiger partial charge in [0, 0.05) is 22.8 Å². The molecule has 25 heavy (non-hydrogen) atoms. The average Bonchev–Trinajstić information content (AvgIpc) is 3.35. The smallest absolute Gasteiger partial charge is 0.254 e. The zero-order valence-corrected chi connectivity index (χ0v) is 15.7. The van der Waals surface area contributed by atoms with Crippen molar-refractivity contribution in [3.63, 3.8) is 0 Å². The molecular weight excluding hydrogens is 406 g/mol. The lowest BCUT2D eigenvalue weighted by Crippen LogP contribution is -2.24. The minimum atomic E-state index is -3.31. The number of halogens is 1. The number of pyridine rings is 1. The number of anilines is 1. The summed E-state index contributed by atoms with van der Waals surface area (Å²) >= 11 is 3.42. The summed E-state index contributed by atoms with van der Waals surface area (Å²) in [6.45, 7) is 0.859. The van der Waals surface area contributed by atoms with Gasteiger partial charge >= 0.3 is 0 Å². The second kappa shape index (κ2) is 6.10. The predicted molar refractivity (Wildman–Crippen MR) is 97.5 cm³/mol. The molecule has 1 aliphatic carbocycles. The van der Waals surface area contributed by atoms with Gasteiger partial charge in [0.1, 0.15) is 0 Å². The number of hydrogen-bond acceptors (Lipinski definition) is 4. The third-order valence-corrected chi connectivity index (χ3v) is 6.70. The van der Waals surface area contributed by atoms with Crippen molar-refractivity contribution in [2.75, 3.05) is 4.72 Å². The maximum Gasteiger partial charge on any atom is 0.254 e. The van der Waals surface area contributed by atoms with Gasteiger partial charge < -0.3 is 4.90 Å². The molecule has 130 valence electrons. The van der Waals surface area contributed by atoms with Gasteiger partial charge in [0.05, 0.1) is 23.2 Å². The summed E-state index contributed by atoms with van der Waals surface area (Å²) in [5.41, 5.74) is 2.82. The number of amides is 1. The fraction of sp³-hybridized carbons (Fsp3) is 0.294. The maximum absolute atomic E-state index is 12.5. The van der Waals surface area contributed by atoms with Crippen molar-refractivity contribution in [2.45, 2.75) is 31.2 Å². The van der Waals surface area contributed by atoms with Crippen LogP contribution in [0.25, 0.3) is 0 Å².